The molecule has 2 aromatic carbocycles. The Balaban J connectivity index is 1.61. The van der Waals surface area contributed by atoms with Crippen molar-refractivity contribution < 1.29 is 9.13 Å². The summed E-state index contributed by atoms with van der Waals surface area (Å²) in [5, 5.41) is 5.31. The number of thioether (sulfide) groups is 1. The lowest BCUT2D eigenvalue weighted by atomic mass is 9.91. The third kappa shape index (κ3) is 4.46. The molecule has 4 rings (SSSR count). The molecular weight excluding hydrogens is 421 g/mol. The molecule has 2 atom stereocenters. The number of halogens is 2. The van der Waals surface area contributed by atoms with Crippen LogP contribution in [0.5, 0.6) is 0 Å². The molecule has 156 valence electrons. The van der Waals surface area contributed by atoms with E-state index < -0.39 is 11.4 Å². The van der Waals surface area contributed by atoms with E-state index in [1.807, 2.05) is 41.1 Å². The molecule has 2 heterocycles. The van der Waals surface area contributed by atoms with E-state index in [0.717, 1.165) is 22.0 Å². The number of aromatic nitrogens is 3. The second-order valence-electron chi connectivity index (χ2n) is 7.61. The molecule has 1 aliphatic heterocycles. The Hall–Kier alpha value is -2.15. The van der Waals surface area contributed by atoms with Gasteiger partial charge in [-0.3, -0.25) is 0 Å². The molecule has 4 nitrogen and oxygen atoms in total. The largest absolute Gasteiger partial charge is 0.354 e. The van der Waals surface area contributed by atoms with E-state index in [4.69, 9.17) is 16.3 Å². The van der Waals surface area contributed by atoms with Crippen LogP contribution < -0.4 is 0 Å². The van der Waals surface area contributed by atoms with Crippen LogP contribution in [0.1, 0.15) is 31.1 Å². The summed E-state index contributed by atoms with van der Waals surface area (Å²) in [4.78, 5) is 4.40. The number of nitrogens with zero attached hydrogens (tertiary/aromatic N) is 3. The van der Waals surface area contributed by atoms with Gasteiger partial charge in [0.05, 0.1) is 11.6 Å². The maximum atomic E-state index is 14.3. The average molecular weight is 444 g/mol. The molecule has 0 spiro atoms. The first-order valence-corrected chi connectivity index (χ1v) is 11.2. The highest BCUT2D eigenvalue weighted by Crippen LogP contribution is 2.58. The summed E-state index contributed by atoms with van der Waals surface area (Å²) in [6.07, 6.45) is 5.66. The monoisotopic (exact) mass is 443 g/mol. The zero-order valence-electron chi connectivity index (χ0n) is 16.8. The van der Waals surface area contributed by atoms with E-state index in [2.05, 4.69) is 36.1 Å². The summed E-state index contributed by atoms with van der Waals surface area (Å²) in [6.45, 7) is 4.73. The summed E-state index contributed by atoms with van der Waals surface area (Å²) >= 11 is 7.53. The Labute approximate surface area is 185 Å². The van der Waals surface area contributed by atoms with Gasteiger partial charge in [-0.15, -0.1) is 0 Å². The van der Waals surface area contributed by atoms with Crippen molar-refractivity contribution in [2.24, 2.45) is 5.92 Å². The number of rotatable bonds is 8. The van der Waals surface area contributed by atoms with Gasteiger partial charge in [0.25, 0.3) is 0 Å². The molecular formula is C23H23ClFN3OS. The molecule has 0 bridgehead atoms. The highest BCUT2D eigenvalue weighted by Gasteiger charge is 2.59. The maximum absolute atomic E-state index is 14.3. The van der Waals surface area contributed by atoms with Crippen LogP contribution in [0.2, 0.25) is 5.02 Å². The second-order valence-corrected chi connectivity index (χ2v) is 9.00. The fraction of sp³-hybridized carbons (Fsp3) is 0.304. The van der Waals surface area contributed by atoms with Gasteiger partial charge in [-0.2, -0.15) is 5.10 Å². The fourth-order valence-electron chi connectivity index (χ4n) is 3.48. The highest BCUT2D eigenvalue weighted by molar-refractivity contribution is 7.99. The molecule has 3 aromatic rings. The van der Waals surface area contributed by atoms with E-state index in [9.17, 15) is 4.39 Å². The molecule has 0 saturated carbocycles. The summed E-state index contributed by atoms with van der Waals surface area (Å²) in [7, 11) is 0. The van der Waals surface area contributed by atoms with Crippen LogP contribution in [-0.2, 0) is 16.9 Å². The zero-order valence-corrected chi connectivity index (χ0v) is 18.4. The van der Waals surface area contributed by atoms with E-state index in [1.165, 1.54) is 6.07 Å². The summed E-state index contributed by atoms with van der Waals surface area (Å²) in [5.74, 6) is 0.864. The summed E-state index contributed by atoms with van der Waals surface area (Å²) < 4.78 is 22.3. The molecule has 30 heavy (non-hydrogen) atoms. The Kier molecular flexibility index (Phi) is 6.27. The molecule has 1 fully saturated rings. The summed E-state index contributed by atoms with van der Waals surface area (Å²) in [6, 6.07) is 14.8. The van der Waals surface area contributed by atoms with Crippen molar-refractivity contribution in [3.8, 4) is 0 Å². The quantitative estimate of drug-likeness (QED) is 0.242. The number of benzene rings is 2. The van der Waals surface area contributed by atoms with Gasteiger partial charge in [-0.1, -0.05) is 85.8 Å². The molecule has 0 N–H and O–H groups in total. The normalized spacial score (nSPS) is 20.9. The van der Waals surface area contributed by atoms with Crippen molar-refractivity contribution in [1.82, 2.24) is 14.8 Å². The minimum Gasteiger partial charge on any atom is -0.354 e. The lowest BCUT2D eigenvalue weighted by Gasteiger charge is -2.16. The molecule has 0 aliphatic carbocycles. The lowest BCUT2D eigenvalue weighted by Crippen LogP contribution is -2.21. The van der Waals surface area contributed by atoms with E-state index >= 15 is 0 Å². The second kappa shape index (κ2) is 8.92. The molecule has 1 aromatic heterocycles. The van der Waals surface area contributed by atoms with Crippen LogP contribution in [0.15, 0.2) is 72.2 Å². The van der Waals surface area contributed by atoms with Gasteiger partial charge in [0, 0.05) is 5.75 Å². The minimum atomic E-state index is -0.719. The molecule has 0 amide bonds. The number of hydrogen-bond acceptors (Lipinski definition) is 4. The van der Waals surface area contributed by atoms with Gasteiger partial charge in [-0.25, -0.2) is 14.1 Å². The van der Waals surface area contributed by atoms with E-state index in [0.29, 0.717) is 12.5 Å². The maximum Gasteiger partial charge on any atom is 0.186 e. The van der Waals surface area contributed by atoms with Crippen molar-refractivity contribution in [1.29, 1.82) is 0 Å². The van der Waals surface area contributed by atoms with Gasteiger partial charge in [-0.05, 0) is 29.2 Å². The van der Waals surface area contributed by atoms with Crippen LogP contribution in [-0.4, -0.2) is 20.5 Å². The molecule has 1 saturated heterocycles. The van der Waals surface area contributed by atoms with E-state index in [-0.39, 0.29) is 11.1 Å². The minimum absolute atomic E-state index is 0.0970. The van der Waals surface area contributed by atoms with Crippen LogP contribution in [0.25, 0.3) is 0 Å². The fourth-order valence-corrected chi connectivity index (χ4v) is 4.33. The van der Waals surface area contributed by atoms with Crippen molar-refractivity contribution in [3.05, 3.63) is 89.0 Å². The van der Waals surface area contributed by atoms with Crippen LogP contribution in [0.3, 0.4) is 0 Å². The Morgan fingerprint density at radius 3 is 2.80 bits per heavy atom. The molecule has 2 unspecified atom stereocenters. The topological polar surface area (TPSA) is 43.2 Å². The SMILES string of the molecule is CC(C)/C=C/CSc1ncnn1CC1(c2ccc(Cl)c(F)c2)OC1c1ccccc1. The van der Waals surface area contributed by atoms with Crippen molar-refractivity contribution in [2.75, 3.05) is 5.75 Å². The third-order valence-corrected chi connectivity index (χ3v) is 6.24. The number of epoxide rings is 1. The first-order chi connectivity index (χ1) is 14.5. The van der Waals surface area contributed by atoms with Gasteiger partial charge < -0.3 is 4.74 Å². The van der Waals surface area contributed by atoms with Crippen LogP contribution >= 0.6 is 23.4 Å². The van der Waals surface area contributed by atoms with Crippen molar-refractivity contribution >= 4 is 23.4 Å². The first-order valence-electron chi connectivity index (χ1n) is 9.85. The predicted octanol–water partition coefficient (Wildman–Crippen LogP) is 6.04. The smallest absolute Gasteiger partial charge is 0.186 e. The molecule has 1 aliphatic rings. The first kappa shape index (κ1) is 21.1. The number of ether oxygens (including phenoxy) is 1. The molecule has 7 heteroatoms. The Bertz CT molecular complexity index is 1040. The summed E-state index contributed by atoms with van der Waals surface area (Å²) in [5.41, 5.74) is 1.07. The standard InChI is InChI=1S/C23H23ClFN3OS/c1-16(2)7-6-12-30-22-26-15-27-28(22)14-23(18-10-11-19(24)20(25)13-18)21(29-23)17-8-4-3-5-9-17/h3-11,13,15-16,21H,12,14H2,1-2H3/b7-6+. The van der Waals surface area contributed by atoms with Gasteiger partial charge in [0.15, 0.2) is 5.16 Å². The average Bonchev–Trinajstić information content (AvgIpc) is 3.30. The van der Waals surface area contributed by atoms with E-state index in [1.54, 1.807) is 24.2 Å². The zero-order chi connectivity index (χ0) is 21.1. The Morgan fingerprint density at radius 2 is 2.07 bits per heavy atom. The third-order valence-electron chi connectivity index (χ3n) is 5.00. The lowest BCUT2D eigenvalue weighted by molar-refractivity contribution is 0.256. The van der Waals surface area contributed by atoms with Crippen LogP contribution in [0.4, 0.5) is 4.39 Å². The van der Waals surface area contributed by atoms with Gasteiger partial charge in [0.1, 0.15) is 23.8 Å². The van der Waals surface area contributed by atoms with Gasteiger partial charge >= 0.3 is 0 Å². The Morgan fingerprint density at radius 1 is 1.27 bits per heavy atom. The number of allylic oxidation sites excluding steroid dienone is 1. The highest BCUT2D eigenvalue weighted by atomic mass is 35.5. The predicted molar refractivity (Wildman–Crippen MR) is 118 cm³/mol. The van der Waals surface area contributed by atoms with Crippen molar-refractivity contribution in [3.63, 3.8) is 0 Å². The van der Waals surface area contributed by atoms with Gasteiger partial charge in [0.2, 0.25) is 0 Å². The molecule has 0 radical (unpaired) electrons. The van der Waals surface area contributed by atoms with Crippen LogP contribution in [0, 0.1) is 11.7 Å². The van der Waals surface area contributed by atoms with Crippen molar-refractivity contribution in [2.45, 2.75) is 37.3 Å². The number of hydrogen-bond donors (Lipinski definition) is 0.